The molecule has 0 bridgehead atoms. The van der Waals surface area contributed by atoms with Crippen LogP contribution in [0, 0.1) is 31.6 Å². The van der Waals surface area contributed by atoms with E-state index in [1.807, 2.05) is 53.9 Å². The van der Waals surface area contributed by atoms with E-state index in [4.69, 9.17) is 19.2 Å². The summed E-state index contributed by atoms with van der Waals surface area (Å²) in [6.07, 6.45) is 7.83. The van der Waals surface area contributed by atoms with Crippen LogP contribution in [0.5, 0.6) is 5.88 Å². The molecule has 6 atom stereocenters. The molecule has 4 aromatic rings. The predicted molar refractivity (Wildman–Crippen MR) is 207 cm³/mol. The number of para-hydroxylation sites is 2. The molecular weight excluding hydrogens is 757 g/mol. The van der Waals surface area contributed by atoms with Crippen molar-refractivity contribution < 1.29 is 36.9 Å². The molecule has 0 saturated heterocycles. The van der Waals surface area contributed by atoms with Crippen molar-refractivity contribution in [3.05, 3.63) is 70.9 Å². The number of aryl methyl sites for hydroxylation is 2. The first kappa shape index (κ1) is 37.9. The van der Waals surface area contributed by atoms with Crippen LogP contribution in [0.4, 0.5) is 0 Å². The number of hydrogen-bond acceptors (Lipinski definition) is 12. The maximum absolute atomic E-state index is 14.8. The molecule has 3 aromatic heterocycles. The number of fused-ring (bicyclic) bond motifs is 3. The highest BCUT2D eigenvalue weighted by atomic mass is 32.2. The van der Waals surface area contributed by atoms with Crippen LogP contribution in [0.25, 0.3) is 21.6 Å². The van der Waals surface area contributed by atoms with E-state index in [1.165, 1.54) is 11.3 Å². The van der Waals surface area contributed by atoms with Gasteiger partial charge in [0.25, 0.3) is 11.8 Å². The number of hydrogen-bond donors (Lipinski definition) is 3. The molecule has 3 fully saturated rings. The maximum Gasteiger partial charge on any atom is 0.259 e. The van der Waals surface area contributed by atoms with Crippen molar-refractivity contribution in [2.75, 3.05) is 0 Å². The second-order valence-electron chi connectivity index (χ2n) is 15.4. The quantitative estimate of drug-likeness (QED) is 0.200. The third-order valence-electron chi connectivity index (χ3n) is 11.4. The van der Waals surface area contributed by atoms with Crippen molar-refractivity contribution in [2.45, 2.75) is 101 Å². The van der Waals surface area contributed by atoms with Gasteiger partial charge in [0, 0.05) is 11.8 Å². The number of aromatic nitrogens is 3. The summed E-state index contributed by atoms with van der Waals surface area (Å²) in [6.45, 7) is 3.29. The Morgan fingerprint density at radius 2 is 1.75 bits per heavy atom. The summed E-state index contributed by atoms with van der Waals surface area (Å²) in [7, 11) is -3.89. The van der Waals surface area contributed by atoms with Crippen LogP contribution in [0.15, 0.2) is 58.5 Å². The molecule has 1 aliphatic heterocycles. The van der Waals surface area contributed by atoms with Gasteiger partial charge >= 0.3 is 0 Å². The van der Waals surface area contributed by atoms with E-state index in [9.17, 15) is 27.6 Å². The fraction of sp³-hybridized carbons (Fsp3) is 0.475. The Balaban J connectivity index is 1.13. The van der Waals surface area contributed by atoms with Gasteiger partial charge in [-0.1, -0.05) is 48.3 Å². The Labute approximate surface area is 328 Å². The Morgan fingerprint density at radius 1 is 0.982 bits per heavy atom. The second-order valence-corrected chi connectivity index (χ2v) is 18.3. The number of rotatable bonds is 8. The van der Waals surface area contributed by atoms with Crippen molar-refractivity contribution in [2.24, 2.45) is 17.8 Å². The number of allylic oxidation sites excluding steroid dienone is 1. The number of amides is 3. The average molecular weight is 801 g/mol. The number of nitrogens with one attached hydrogen (secondary N) is 3. The number of Topliss-reactive ketones (excluding diaryl/α,β-unsaturated/α-hetero) is 1. The number of benzene rings is 1. The second kappa shape index (κ2) is 15.2. The van der Waals surface area contributed by atoms with Gasteiger partial charge in [-0.25, -0.2) is 18.4 Å². The van der Waals surface area contributed by atoms with Crippen LogP contribution < -0.4 is 20.1 Å². The largest absolute Gasteiger partial charge is 0.473 e. The van der Waals surface area contributed by atoms with E-state index < -0.39 is 68.4 Å². The number of ketones is 1. The Hall–Kier alpha value is -4.96. The van der Waals surface area contributed by atoms with Gasteiger partial charge in [0.2, 0.25) is 21.8 Å². The summed E-state index contributed by atoms with van der Waals surface area (Å²) in [5.74, 6) is -3.86. The molecular formula is C40H44N6O8S2. The first-order valence-electron chi connectivity index (χ1n) is 19.2. The van der Waals surface area contributed by atoms with Gasteiger partial charge in [0.05, 0.1) is 38.8 Å². The topological polar surface area (TPSA) is 200 Å². The van der Waals surface area contributed by atoms with Crippen LogP contribution in [0.3, 0.4) is 0 Å². The van der Waals surface area contributed by atoms with Crippen LogP contribution in [0.1, 0.15) is 86.0 Å². The number of thiophene rings is 1. The van der Waals surface area contributed by atoms with E-state index in [0.717, 1.165) is 17.7 Å². The number of carbonyl (C=O) groups excluding carboxylic acids is 4. The Bertz CT molecular complexity index is 2300. The zero-order chi connectivity index (χ0) is 39.2. The highest BCUT2D eigenvalue weighted by Gasteiger charge is 2.62. The molecule has 3 aliphatic carbocycles. The highest BCUT2D eigenvalue weighted by molar-refractivity contribution is 7.91. The standard InChI is InChI=1S/C40H44N6O8S2/c1-22-33(23(2)54-45-22)37(49)42-31-14-7-5-3-4-6-11-24-21-40(24,39(50)46-56(51,52)26-16-17-26)44-36(48)28-20-25(19-27(28)35(31)47)53-38-34(32-15-10-18-55-32)41-29-12-8-9-13-30(29)43-38/h6,8-13,15,18,24-28,31H,3-5,7,14,16-17,19-21H2,1-2H3,(H,42,49)(H,44,48)(H,46,50)/b11-6-/t24?,25-,27?,28+,31+,40+/m0/s1. The minimum absolute atomic E-state index is 0.101. The molecule has 0 radical (unpaired) electrons. The number of nitrogens with zero attached hydrogens (tertiary/aromatic N) is 3. The molecule has 3 saturated carbocycles. The molecule has 14 nitrogen and oxygen atoms in total. The molecule has 3 amide bonds. The smallest absolute Gasteiger partial charge is 0.259 e. The molecule has 294 valence electrons. The van der Waals surface area contributed by atoms with Gasteiger partial charge in [-0.3, -0.25) is 23.9 Å². The van der Waals surface area contributed by atoms with Crippen molar-refractivity contribution in [1.82, 2.24) is 30.5 Å². The molecule has 4 aliphatic rings. The predicted octanol–water partition coefficient (Wildman–Crippen LogP) is 5.11. The summed E-state index contributed by atoms with van der Waals surface area (Å²) in [6, 6.07) is 10.3. The van der Waals surface area contributed by atoms with Crippen LogP contribution in [-0.2, 0) is 24.4 Å². The first-order chi connectivity index (χ1) is 26.9. The third-order valence-corrected chi connectivity index (χ3v) is 14.1. The summed E-state index contributed by atoms with van der Waals surface area (Å²) in [5.41, 5.74) is 1.00. The molecule has 3 N–H and O–H groups in total. The molecule has 0 spiro atoms. The lowest BCUT2D eigenvalue weighted by Crippen LogP contribution is -2.54. The van der Waals surface area contributed by atoms with Crippen molar-refractivity contribution >= 4 is 55.9 Å². The third kappa shape index (κ3) is 7.60. The molecule has 16 heteroatoms. The number of carbonyl (C=O) groups is 4. The highest BCUT2D eigenvalue weighted by Crippen LogP contribution is 2.47. The lowest BCUT2D eigenvalue weighted by atomic mass is 9.85. The van der Waals surface area contributed by atoms with Crippen molar-refractivity contribution in [1.29, 1.82) is 0 Å². The summed E-state index contributed by atoms with van der Waals surface area (Å²) < 4.78 is 39.9. The Morgan fingerprint density at radius 3 is 2.46 bits per heavy atom. The van der Waals surface area contributed by atoms with E-state index in [0.29, 0.717) is 60.3 Å². The Kier molecular flexibility index (Phi) is 10.3. The first-order valence-corrected chi connectivity index (χ1v) is 21.7. The fourth-order valence-electron chi connectivity index (χ4n) is 8.10. The zero-order valence-corrected chi connectivity index (χ0v) is 32.8. The van der Waals surface area contributed by atoms with Gasteiger partial charge in [-0.15, -0.1) is 11.3 Å². The van der Waals surface area contributed by atoms with E-state index in [1.54, 1.807) is 13.8 Å². The summed E-state index contributed by atoms with van der Waals surface area (Å²) in [5, 5.41) is 11.1. The van der Waals surface area contributed by atoms with Gasteiger partial charge in [0.1, 0.15) is 28.7 Å². The van der Waals surface area contributed by atoms with E-state index in [-0.39, 0.29) is 36.5 Å². The lowest BCUT2D eigenvalue weighted by Gasteiger charge is -2.26. The molecule has 8 rings (SSSR count). The number of sulfonamides is 1. The van der Waals surface area contributed by atoms with Crippen molar-refractivity contribution in [3.8, 4) is 16.5 Å². The van der Waals surface area contributed by atoms with Gasteiger partial charge < -0.3 is 19.9 Å². The molecule has 2 unspecified atom stereocenters. The minimum atomic E-state index is -3.89. The molecule has 1 aromatic carbocycles. The molecule has 56 heavy (non-hydrogen) atoms. The average Bonchev–Trinajstić information content (AvgIpc) is 3.98. The number of ether oxygens (including phenoxy) is 1. The maximum atomic E-state index is 14.8. The van der Waals surface area contributed by atoms with Gasteiger partial charge in [-0.2, -0.15) is 0 Å². The minimum Gasteiger partial charge on any atom is -0.473 e. The van der Waals surface area contributed by atoms with Crippen LogP contribution >= 0.6 is 11.3 Å². The molecule has 4 heterocycles. The SMILES string of the molecule is Cc1noc(C)c1C(=O)N[C@@H]1CCCCC/C=C\C2C[C@@]2(C(=O)NS(=O)(=O)C2CC2)NC(=O)[C@@H]2C[C@@H](Oc3nc4ccccc4nc3-c3cccs3)CC2C1=O. The van der Waals surface area contributed by atoms with E-state index >= 15 is 0 Å². The van der Waals surface area contributed by atoms with Crippen LogP contribution in [-0.4, -0.2) is 70.0 Å². The lowest BCUT2D eigenvalue weighted by molar-refractivity contribution is -0.136. The zero-order valence-electron chi connectivity index (χ0n) is 31.2. The van der Waals surface area contributed by atoms with Crippen molar-refractivity contribution in [3.63, 3.8) is 0 Å². The normalized spacial score (nSPS) is 27.6. The fourth-order valence-corrected chi connectivity index (χ4v) is 10.2. The van der Waals surface area contributed by atoms with E-state index in [2.05, 4.69) is 20.5 Å². The van der Waals surface area contributed by atoms with Gasteiger partial charge in [0.15, 0.2) is 5.78 Å². The van der Waals surface area contributed by atoms with Gasteiger partial charge in [-0.05, 0) is 88.8 Å². The monoisotopic (exact) mass is 800 g/mol. The summed E-state index contributed by atoms with van der Waals surface area (Å²) in [4.78, 5) is 67.3. The van der Waals surface area contributed by atoms with Crippen LogP contribution in [0.2, 0.25) is 0 Å². The summed E-state index contributed by atoms with van der Waals surface area (Å²) >= 11 is 1.48.